The highest BCUT2D eigenvalue weighted by Crippen LogP contribution is 2.18. The van der Waals surface area contributed by atoms with Gasteiger partial charge in [0.25, 0.3) is 0 Å². The number of nitrogens with one attached hydrogen (secondary N) is 2. The molecule has 1 aliphatic rings. The quantitative estimate of drug-likeness (QED) is 0.855. The van der Waals surface area contributed by atoms with Crippen LogP contribution in [-0.2, 0) is 20.9 Å². The maximum Gasteiger partial charge on any atom is 0.225 e. The molecule has 1 fully saturated rings. The third-order valence-corrected chi connectivity index (χ3v) is 3.91. The summed E-state index contributed by atoms with van der Waals surface area (Å²) in [5, 5.41) is 5.80. The maximum absolute atomic E-state index is 12.4. The molecule has 2 atom stereocenters. The Bertz CT molecular complexity index is 516. The Morgan fingerprint density at radius 1 is 1.43 bits per heavy atom. The molecule has 1 heterocycles. The molecule has 0 radical (unpaired) electrons. The van der Waals surface area contributed by atoms with E-state index in [1.807, 2.05) is 31.2 Å². The molecule has 2 rings (SSSR count). The van der Waals surface area contributed by atoms with E-state index in [0.717, 1.165) is 11.1 Å². The molecule has 2 N–H and O–H groups in total. The largest absolute Gasteiger partial charge is 0.383 e. The van der Waals surface area contributed by atoms with E-state index in [0.29, 0.717) is 26.0 Å². The van der Waals surface area contributed by atoms with Crippen molar-refractivity contribution in [2.24, 2.45) is 5.92 Å². The third-order valence-electron chi connectivity index (χ3n) is 3.91. The summed E-state index contributed by atoms with van der Waals surface area (Å²) in [7, 11) is 1.57. The second kappa shape index (κ2) is 7.22. The molecule has 5 nitrogen and oxygen atoms in total. The van der Waals surface area contributed by atoms with Crippen LogP contribution in [0, 0.1) is 12.8 Å². The van der Waals surface area contributed by atoms with Gasteiger partial charge in [-0.1, -0.05) is 24.3 Å². The van der Waals surface area contributed by atoms with Gasteiger partial charge in [-0.25, -0.2) is 0 Å². The van der Waals surface area contributed by atoms with Gasteiger partial charge >= 0.3 is 0 Å². The second-order valence-electron chi connectivity index (χ2n) is 5.42. The summed E-state index contributed by atoms with van der Waals surface area (Å²) >= 11 is 0. The van der Waals surface area contributed by atoms with E-state index in [9.17, 15) is 9.59 Å². The summed E-state index contributed by atoms with van der Waals surface area (Å²) in [6, 6.07) is 7.73. The lowest BCUT2D eigenvalue weighted by Gasteiger charge is -2.30. The Morgan fingerprint density at radius 2 is 2.19 bits per heavy atom. The van der Waals surface area contributed by atoms with Gasteiger partial charge < -0.3 is 15.4 Å². The predicted octanol–water partition coefficient (Wildman–Crippen LogP) is 1.15. The molecule has 1 aliphatic heterocycles. The minimum Gasteiger partial charge on any atom is -0.383 e. The normalized spacial score (nSPS) is 21.7. The van der Waals surface area contributed by atoms with E-state index in [1.54, 1.807) is 7.11 Å². The Morgan fingerprint density at radius 3 is 2.90 bits per heavy atom. The van der Waals surface area contributed by atoms with Crippen LogP contribution in [0.5, 0.6) is 0 Å². The van der Waals surface area contributed by atoms with Crippen molar-refractivity contribution in [1.29, 1.82) is 0 Å². The fourth-order valence-corrected chi connectivity index (χ4v) is 2.64. The van der Waals surface area contributed by atoms with Crippen molar-refractivity contribution in [2.45, 2.75) is 32.4 Å². The number of hydrogen-bond donors (Lipinski definition) is 2. The first-order valence-electron chi connectivity index (χ1n) is 7.22. The number of hydrogen-bond acceptors (Lipinski definition) is 3. The number of carbonyl (C=O) groups is 2. The van der Waals surface area contributed by atoms with Gasteiger partial charge in [0.15, 0.2) is 0 Å². The molecule has 1 saturated heterocycles. The van der Waals surface area contributed by atoms with Gasteiger partial charge in [0.2, 0.25) is 11.8 Å². The summed E-state index contributed by atoms with van der Waals surface area (Å²) in [5.41, 5.74) is 2.26. The Hall–Kier alpha value is -1.88. The molecule has 0 aliphatic carbocycles. The fourth-order valence-electron chi connectivity index (χ4n) is 2.64. The summed E-state index contributed by atoms with van der Waals surface area (Å²) in [6.07, 6.45) is 0.960. The van der Waals surface area contributed by atoms with Crippen LogP contribution in [0.2, 0.25) is 0 Å². The van der Waals surface area contributed by atoms with E-state index >= 15 is 0 Å². The van der Waals surface area contributed by atoms with Crippen molar-refractivity contribution in [3.63, 3.8) is 0 Å². The van der Waals surface area contributed by atoms with Gasteiger partial charge in [0.05, 0.1) is 18.6 Å². The smallest absolute Gasteiger partial charge is 0.225 e. The molecule has 1 aromatic carbocycles. The number of rotatable bonds is 5. The summed E-state index contributed by atoms with van der Waals surface area (Å²) in [5.74, 6) is -0.271. The molecule has 0 saturated carbocycles. The molecule has 0 bridgehead atoms. The monoisotopic (exact) mass is 290 g/mol. The van der Waals surface area contributed by atoms with Crippen molar-refractivity contribution in [3.8, 4) is 0 Å². The first-order valence-corrected chi connectivity index (χ1v) is 7.22. The highest BCUT2D eigenvalue weighted by molar-refractivity contribution is 5.84. The van der Waals surface area contributed by atoms with E-state index < -0.39 is 0 Å². The van der Waals surface area contributed by atoms with E-state index in [2.05, 4.69) is 10.6 Å². The first-order chi connectivity index (χ1) is 10.1. The van der Waals surface area contributed by atoms with Crippen LogP contribution in [0.1, 0.15) is 24.0 Å². The van der Waals surface area contributed by atoms with Crippen LogP contribution in [0.15, 0.2) is 24.3 Å². The first kappa shape index (κ1) is 15.5. The molecular formula is C16H22N2O3. The minimum absolute atomic E-state index is 0.0139. The van der Waals surface area contributed by atoms with E-state index in [1.165, 1.54) is 0 Å². The number of benzene rings is 1. The molecular weight excluding hydrogens is 268 g/mol. The molecule has 2 amide bonds. The van der Waals surface area contributed by atoms with Gasteiger partial charge in [-0.2, -0.15) is 0 Å². The molecule has 0 spiro atoms. The standard InChI is InChI=1S/C16H22N2O3/c1-11-5-3-4-6-12(11)9-17-16(20)13-7-8-15(19)18-14(13)10-21-2/h3-6,13-14H,7-10H2,1-2H3,(H,17,20)(H,18,19)/t13-,14-/m1/s1. The SMILES string of the molecule is COC[C@H]1NC(=O)CC[C@H]1C(=O)NCc1ccccc1C. The predicted molar refractivity (Wildman–Crippen MR) is 79.6 cm³/mol. The van der Waals surface area contributed by atoms with Gasteiger partial charge in [-0.15, -0.1) is 0 Å². The Balaban J connectivity index is 1.95. The summed E-state index contributed by atoms with van der Waals surface area (Å²) in [4.78, 5) is 23.8. The number of ether oxygens (including phenoxy) is 1. The van der Waals surface area contributed by atoms with Crippen LogP contribution < -0.4 is 10.6 Å². The topological polar surface area (TPSA) is 67.4 Å². The number of carbonyl (C=O) groups excluding carboxylic acids is 2. The Labute approximate surface area is 125 Å². The maximum atomic E-state index is 12.4. The minimum atomic E-state index is -0.242. The highest BCUT2D eigenvalue weighted by Gasteiger charge is 2.33. The lowest BCUT2D eigenvalue weighted by atomic mass is 9.90. The van der Waals surface area contributed by atoms with Gasteiger partial charge in [-0.05, 0) is 24.5 Å². The molecule has 114 valence electrons. The highest BCUT2D eigenvalue weighted by atomic mass is 16.5. The van der Waals surface area contributed by atoms with E-state index in [-0.39, 0.29) is 23.8 Å². The summed E-state index contributed by atoms with van der Waals surface area (Å²) in [6.45, 7) is 2.89. The molecule has 0 unspecified atom stereocenters. The lowest BCUT2D eigenvalue weighted by molar-refractivity contribution is -0.132. The molecule has 1 aromatic rings. The van der Waals surface area contributed by atoms with Crippen LogP contribution in [0.4, 0.5) is 0 Å². The van der Waals surface area contributed by atoms with Crippen molar-refractivity contribution < 1.29 is 14.3 Å². The van der Waals surface area contributed by atoms with Crippen molar-refractivity contribution in [2.75, 3.05) is 13.7 Å². The third kappa shape index (κ3) is 4.04. The molecule has 0 aromatic heterocycles. The van der Waals surface area contributed by atoms with Gasteiger partial charge in [0.1, 0.15) is 0 Å². The Kier molecular flexibility index (Phi) is 5.33. The second-order valence-corrected chi connectivity index (χ2v) is 5.42. The number of methoxy groups -OCH3 is 1. The van der Waals surface area contributed by atoms with E-state index in [4.69, 9.17) is 4.74 Å². The average molecular weight is 290 g/mol. The molecule has 5 heteroatoms. The zero-order valence-corrected chi connectivity index (χ0v) is 12.5. The van der Waals surface area contributed by atoms with Crippen molar-refractivity contribution in [3.05, 3.63) is 35.4 Å². The van der Waals surface area contributed by atoms with Crippen LogP contribution in [0.25, 0.3) is 0 Å². The number of amides is 2. The summed E-state index contributed by atoms with van der Waals surface area (Å²) < 4.78 is 5.10. The zero-order chi connectivity index (χ0) is 15.2. The fraction of sp³-hybridized carbons (Fsp3) is 0.500. The number of aryl methyl sites for hydroxylation is 1. The van der Waals surface area contributed by atoms with Gasteiger partial charge in [-0.3, -0.25) is 9.59 Å². The van der Waals surface area contributed by atoms with Crippen LogP contribution in [0.3, 0.4) is 0 Å². The van der Waals surface area contributed by atoms with Crippen LogP contribution in [-0.4, -0.2) is 31.6 Å². The lowest BCUT2D eigenvalue weighted by Crippen LogP contribution is -2.52. The van der Waals surface area contributed by atoms with Gasteiger partial charge in [0, 0.05) is 20.1 Å². The van der Waals surface area contributed by atoms with Crippen LogP contribution >= 0.6 is 0 Å². The zero-order valence-electron chi connectivity index (χ0n) is 12.5. The molecule has 21 heavy (non-hydrogen) atoms. The average Bonchev–Trinajstić information content (AvgIpc) is 2.46. The number of piperidine rings is 1. The van der Waals surface area contributed by atoms with Crippen molar-refractivity contribution in [1.82, 2.24) is 10.6 Å². The van der Waals surface area contributed by atoms with Crippen molar-refractivity contribution >= 4 is 11.8 Å².